The Morgan fingerprint density at radius 2 is 1.96 bits per heavy atom. The van der Waals surface area contributed by atoms with Crippen LogP contribution in [0.4, 0.5) is 14.5 Å². The van der Waals surface area contributed by atoms with Crippen LogP contribution in [0.3, 0.4) is 0 Å². The van der Waals surface area contributed by atoms with Gasteiger partial charge in [0.05, 0.1) is 11.4 Å². The summed E-state index contributed by atoms with van der Waals surface area (Å²) in [6.45, 7) is 2.11. The number of hydrogen-bond donors (Lipinski definition) is 1. The lowest BCUT2D eigenvalue weighted by Crippen LogP contribution is -2.37. The molecule has 0 bridgehead atoms. The van der Waals surface area contributed by atoms with E-state index in [-0.39, 0.29) is 29.5 Å². The summed E-state index contributed by atoms with van der Waals surface area (Å²) >= 11 is 0. The monoisotopic (exact) mass is 385 g/mol. The second-order valence-electron chi connectivity index (χ2n) is 7.48. The highest BCUT2D eigenvalue weighted by Gasteiger charge is 2.38. The van der Waals surface area contributed by atoms with Gasteiger partial charge < -0.3 is 10.6 Å². The Hall–Kier alpha value is -2.83. The number of halogens is 2. The standard InChI is InChI=1S/C21H21F2N3O2/c1-11(15-10-13(22)4-5-14(15)20(24)27)17-6-7-18-19(25-17)16(23)8-9-26(18)21(28)12-2-3-12/h4-7,10-12,16H,2-3,8-9H2,1H3,(H2,24,27). The van der Waals surface area contributed by atoms with E-state index < -0.39 is 23.8 Å². The number of carbonyl (C=O) groups is 2. The van der Waals surface area contributed by atoms with Crippen molar-refractivity contribution in [3.8, 4) is 0 Å². The first kappa shape index (κ1) is 18.5. The third kappa shape index (κ3) is 3.25. The first-order valence-electron chi connectivity index (χ1n) is 9.42. The molecule has 1 aliphatic heterocycles. The zero-order valence-electron chi connectivity index (χ0n) is 15.5. The molecule has 2 heterocycles. The van der Waals surface area contributed by atoms with Crippen molar-refractivity contribution >= 4 is 17.5 Å². The Balaban J connectivity index is 1.72. The third-order valence-corrected chi connectivity index (χ3v) is 5.50. The molecule has 2 aromatic rings. The van der Waals surface area contributed by atoms with E-state index in [9.17, 15) is 18.4 Å². The Labute approximate surface area is 161 Å². The van der Waals surface area contributed by atoms with Gasteiger partial charge in [-0.1, -0.05) is 6.92 Å². The summed E-state index contributed by atoms with van der Waals surface area (Å²) in [6, 6.07) is 7.17. The van der Waals surface area contributed by atoms with E-state index in [1.165, 1.54) is 18.2 Å². The van der Waals surface area contributed by atoms with Gasteiger partial charge in [-0.05, 0) is 48.7 Å². The van der Waals surface area contributed by atoms with Gasteiger partial charge in [-0.15, -0.1) is 0 Å². The number of pyridine rings is 1. The van der Waals surface area contributed by atoms with Crippen molar-refractivity contribution in [2.45, 2.75) is 38.3 Å². The average molecular weight is 385 g/mol. The number of nitrogens with two attached hydrogens (primary N) is 1. The van der Waals surface area contributed by atoms with E-state index in [1.54, 1.807) is 24.0 Å². The molecule has 2 aliphatic rings. The van der Waals surface area contributed by atoms with Crippen LogP contribution in [0.25, 0.3) is 0 Å². The van der Waals surface area contributed by atoms with Gasteiger partial charge in [0.15, 0.2) is 0 Å². The topological polar surface area (TPSA) is 76.3 Å². The number of nitrogens with zero attached hydrogens (tertiary/aromatic N) is 2. The van der Waals surface area contributed by atoms with Crippen LogP contribution in [0.2, 0.25) is 0 Å². The van der Waals surface area contributed by atoms with Crippen LogP contribution in [0.1, 0.15) is 65.6 Å². The van der Waals surface area contributed by atoms with Crippen molar-refractivity contribution in [2.75, 3.05) is 11.4 Å². The van der Waals surface area contributed by atoms with Crippen molar-refractivity contribution in [3.63, 3.8) is 0 Å². The van der Waals surface area contributed by atoms with Crippen molar-refractivity contribution in [1.82, 2.24) is 4.98 Å². The van der Waals surface area contributed by atoms with E-state index in [2.05, 4.69) is 4.98 Å². The summed E-state index contributed by atoms with van der Waals surface area (Å²) < 4.78 is 28.4. The van der Waals surface area contributed by atoms with Gasteiger partial charge >= 0.3 is 0 Å². The van der Waals surface area contributed by atoms with Gasteiger partial charge in [-0.3, -0.25) is 14.6 Å². The summed E-state index contributed by atoms with van der Waals surface area (Å²) in [6.07, 6.45) is 0.681. The number of amides is 2. The Morgan fingerprint density at radius 1 is 1.21 bits per heavy atom. The maximum atomic E-state index is 14.6. The number of alkyl halides is 1. The molecule has 5 nitrogen and oxygen atoms in total. The van der Waals surface area contributed by atoms with Gasteiger partial charge in [-0.25, -0.2) is 8.78 Å². The van der Waals surface area contributed by atoms with Gasteiger partial charge in [-0.2, -0.15) is 0 Å². The number of anilines is 1. The molecular formula is C21H21F2N3O2. The fraction of sp³-hybridized carbons (Fsp3) is 0.381. The third-order valence-electron chi connectivity index (χ3n) is 5.50. The summed E-state index contributed by atoms with van der Waals surface area (Å²) in [5, 5.41) is 0. The molecule has 1 saturated carbocycles. The lowest BCUT2D eigenvalue weighted by atomic mass is 9.91. The Morgan fingerprint density at radius 3 is 2.64 bits per heavy atom. The predicted molar refractivity (Wildman–Crippen MR) is 100 cm³/mol. The molecule has 0 radical (unpaired) electrons. The summed E-state index contributed by atoms with van der Waals surface area (Å²) in [5.41, 5.74) is 7.24. The molecule has 1 fully saturated rings. The minimum absolute atomic E-state index is 0.0249. The van der Waals surface area contributed by atoms with E-state index >= 15 is 0 Å². The first-order valence-corrected chi connectivity index (χ1v) is 9.42. The fourth-order valence-electron chi connectivity index (χ4n) is 3.74. The molecule has 2 amide bonds. The number of carbonyl (C=O) groups excluding carboxylic acids is 2. The molecule has 2 unspecified atom stereocenters. The first-order chi connectivity index (χ1) is 13.4. The minimum atomic E-state index is -1.27. The average Bonchev–Trinajstić information content (AvgIpc) is 3.52. The van der Waals surface area contributed by atoms with E-state index in [0.29, 0.717) is 23.5 Å². The molecule has 4 rings (SSSR count). The van der Waals surface area contributed by atoms with Crippen LogP contribution in [-0.2, 0) is 4.79 Å². The van der Waals surface area contributed by atoms with Gasteiger partial charge in [0, 0.05) is 36.1 Å². The molecule has 0 spiro atoms. The SMILES string of the molecule is CC(c1ccc2c(n1)C(F)CCN2C(=O)C1CC1)c1cc(F)ccc1C(N)=O. The predicted octanol–water partition coefficient (Wildman–Crippen LogP) is 3.63. The molecule has 2 N–H and O–H groups in total. The Kier molecular flexibility index (Phi) is 4.61. The van der Waals surface area contributed by atoms with Gasteiger partial charge in [0.25, 0.3) is 0 Å². The van der Waals surface area contributed by atoms with Crippen molar-refractivity contribution in [2.24, 2.45) is 11.7 Å². The van der Waals surface area contributed by atoms with Gasteiger partial charge in [0.1, 0.15) is 12.0 Å². The van der Waals surface area contributed by atoms with Crippen LogP contribution in [0.5, 0.6) is 0 Å². The van der Waals surface area contributed by atoms with E-state index in [0.717, 1.165) is 12.8 Å². The highest BCUT2D eigenvalue weighted by molar-refractivity contribution is 5.97. The van der Waals surface area contributed by atoms with E-state index in [4.69, 9.17) is 5.73 Å². The molecule has 2 atom stereocenters. The maximum absolute atomic E-state index is 14.6. The normalized spacial score (nSPS) is 19.8. The zero-order valence-corrected chi connectivity index (χ0v) is 15.5. The van der Waals surface area contributed by atoms with Crippen LogP contribution in [-0.4, -0.2) is 23.3 Å². The summed E-state index contributed by atoms with van der Waals surface area (Å²) in [7, 11) is 0. The molecule has 1 aromatic carbocycles. The van der Waals surface area contributed by atoms with Crippen LogP contribution in [0.15, 0.2) is 30.3 Å². The number of rotatable bonds is 4. The maximum Gasteiger partial charge on any atom is 0.249 e. The molecule has 28 heavy (non-hydrogen) atoms. The molecule has 1 aliphatic carbocycles. The highest BCUT2D eigenvalue weighted by atomic mass is 19.1. The molecule has 0 saturated heterocycles. The number of hydrogen-bond acceptors (Lipinski definition) is 3. The second kappa shape index (κ2) is 6.96. The number of fused-ring (bicyclic) bond motifs is 1. The largest absolute Gasteiger partial charge is 0.366 e. The molecule has 1 aromatic heterocycles. The van der Waals surface area contributed by atoms with Crippen molar-refractivity contribution < 1.29 is 18.4 Å². The summed E-state index contributed by atoms with van der Waals surface area (Å²) in [5.74, 6) is -1.56. The number of benzene rings is 1. The van der Waals surface area contributed by atoms with Crippen LogP contribution >= 0.6 is 0 Å². The zero-order chi connectivity index (χ0) is 20.0. The summed E-state index contributed by atoms with van der Waals surface area (Å²) in [4.78, 5) is 30.3. The highest BCUT2D eigenvalue weighted by Crippen LogP contribution is 2.40. The molecule has 7 heteroatoms. The number of primary amides is 1. The van der Waals surface area contributed by atoms with Gasteiger partial charge in [0.2, 0.25) is 11.8 Å². The quantitative estimate of drug-likeness (QED) is 0.873. The number of aromatic nitrogens is 1. The smallest absolute Gasteiger partial charge is 0.249 e. The van der Waals surface area contributed by atoms with Crippen LogP contribution < -0.4 is 10.6 Å². The van der Waals surface area contributed by atoms with E-state index in [1.807, 2.05) is 0 Å². The van der Waals surface area contributed by atoms with Crippen LogP contribution in [0, 0.1) is 11.7 Å². The second-order valence-corrected chi connectivity index (χ2v) is 7.48. The fourth-order valence-corrected chi connectivity index (χ4v) is 3.74. The lowest BCUT2D eigenvalue weighted by molar-refractivity contribution is -0.119. The van der Waals surface area contributed by atoms with Crippen molar-refractivity contribution in [3.05, 3.63) is 58.7 Å². The Bertz CT molecular complexity index is 959. The minimum Gasteiger partial charge on any atom is -0.366 e. The lowest BCUT2D eigenvalue weighted by Gasteiger charge is -2.31. The molecular weight excluding hydrogens is 364 g/mol. The van der Waals surface area contributed by atoms with Crippen molar-refractivity contribution in [1.29, 1.82) is 0 Å². The molecule has 146 valence electrons.